The van der Waals surface area contributed by atoms with E-state index in [4.69, 9.17) is 5.11 Å². The Morgan fingerprint density at radius 1 is 0.864 bits per heavy atom. The third kappa shape index (κ3) is 5.40. The van der Waals surface area contributed by atoms with Crippen LogP contribution in [0.4, 0.5) is 0 Å². The zero-order valence-corrected chi connectivity index (χ0v) is 12.3. The molecule has 0 saturated carbocycles. The molecule has 4 heteroatoms. The second-order valence-corrected chi connectivity index (χ2v) is 5.15. The molecule has 0 aliphatic carbocycles. The van der Waals surface area contributed by atoms with Gasteiger partial charge in [0.1, 0.15) is 0 Å². The summed E-state index contributed by atoms with van der Waals surface area (Å²) in [7, 11) is 0. The van der Waals surface area contributed by atoms with Crippen molar-refractivity contribution in [2.24, 2.45) is 0 Å². The van der Waals surface area contributed by atoms with Crippen molar-refractivity contribution in [1.29, 1.82) is 0 Å². The molecule has 0 bridgehead atoms. The first-order valence-corrected chi connectivity index (χ1v) is 7.24. The maximum absolute atomic E-state index is 11.9. The summed E-state index contributed by atoms with van der Waals surface area (Å²) in [5, 5.41) is 11.5. The lowest BCUT2D eigenvalue weighted by Crippen LogP contribution is -2.24. The number of nitrogens with one attached hydrogen (secondary N) is 1. The summed E-state index contributed by atoms with van der Waals surface area (Å²) in [4.78, 5) is 22.4. The van der Waals surface area contributed by atoms with Gasteiger partial charge < -0.3 is 10.4 Å². The fourth-order valence-electron chi connectivity index (χ4n) is 2.12. The highest BCUT2D eigenvalue weighted by atomic mass is 16.4. The first-order chi connectivity index (χ1) is 10.6. The number of carbonyl (C=O) groups excluding carboxylic acids is 1. The number of benzene rings is 2. The van der Waals surface area contributed by atoms with E-state index in [0.717, 1.165) is 16.7 Å². The van der Waals surface area contributed by atoms with Crippen LogP contribution in [0.3, 0.4) is 0 Å². The van der Waals surface area contributed by atoms with E-state index in [2.05, 4.69) is 5.32 Å². The maximum Gasteiger partial charge on any atom is 0.303 e. The van der Waals surface area contributed by atoms with Crippen LogP contribution in [-0.4, -0.2) is 17.0 Å². The highest BCUT2D eigenvalue weighted by Gasteiger charge is 2.04. The lowest BCUT2D eigenvalue weighted by Gasteiger charge is -2.06. The number of carboxylic acids is 1. The van der Waals surface area contributed by atoms with Crippen LogP contribution in [0.15, 0.2) is 54.6 Å². The second kappa shape index (κ2) is 7.98. The van der Waals surface area contributed by atoms with Crippen LogP contribution in [0.5, 0.6) is 0 Å². The van der Waals surface area contributed by atoms with Crippen LogP contribution in [-0.2, 0) is 29.0 Å². The third-order valence-electron chi connectivity index (χ3n) is 3.35. The largest absolute Gasteiger partial charge is 0.481 e. The van der Waals surface area contributed by atoms with Gasteiger partial charge in [0.15, 0.2) is 0 Å². The SMILES string of the molecule is O=C(O)CCc1ccc(CC(=O)NCc2ccccc2)cc1. The number of hydrogen-bond acceptors (Lipinski definition) is 2. The summed E-state index contributed by atoms with van der Waals surface area (Å²) in [6.45, 7) is 0.524. The topological polar surface area (TPSA) is 66.4 Å². The zero-order chi connectivity index (χ0) is 15.8. The van der Waals surface area contributed by atoms with Crippen molar-refractivity contribution in [3.05, 3.63) is 71.3 Å². The molecule has 4 nitrogen and oxygen atoms in total. The Bertz CT molecular complexity index is 621. The Hall–Kier alpha value is -2.62. The summed E-state index contributed by atoms with van der Waals surface area (Å²) in [5.41, 5.74) is 2.96. The molecule has 0 fully saturated rings. The van der Waals surface area contributed by atoms with Gasteiger partial charge in [-0.25, -0.2) is 0 Å². The standard InChI is InChI=1S/C18H19NO3/c20-17(19-13-16-4-2-1-3-5-16)12-15-8-6-14(7-9-15)10-11-18(21)22/h1-9H,10-13H2,(H,19,20)(H,21,22). The van der Waals surface area contributed by atoms with E-state index in [-0.39, 0.29) is 12.3 Å². The smallest absolute Gasteiger partial charge is 0.303 e. The monoisotopic (exact) mass is 297 g/mol. The summed E-state index contributed by atoms with van der Waals surface area (Å²) in [5.74, 6) is -0.827. The van der Waals surface area contributed by atoms with Crippen LogP contribution in [0.1, 0.15) is 23.1 Å². The Labute approximate surface area is 129 Å². The minimum absolute atomic E-state index is 0.0258. The normalized spacial score (nSPS) is 10.2. The van der Waals surface area contributed by atoms with Crippen molar-refractivity contribution in [2.75, 3.05) is 0 Å². The van der Waals surface area contributed by atoms with E-state index in [1.165, 1.54) is 0 Å². The number of amides is 1. The fourth-order valence-corrected chi connectivity index (χ4v) is 2.12. The predicted octanol–water partition coefficient (Wildman–Crippen LogP) is 2.56. The van der Waals surface area contributed by atoms with Crippen molar-refractivity contribution in [1.82, 2.24) is 5.32 Å². The predicted molar refractivity (Wildman–Crippen MR) is 84.4 cm³/mol. The van der Waals surface area contributed by atoms with Crippen LogP contribution < -0.4 is 5.32 Å². The minimum Gasteiger partial charge on any atom is -0.481 e. The van der Waals surface area contributed by atoms with Gasteiger partial charge in [-0.2, -0.15) is 0 Å². The van der Waals surface area contributed by atoms with Crippen LogP contribution in [0.25, 0.3) is 0 Å². The Morgan fingerprint density at radius 3 is 2.14 bits per heavy atom. The molecule has 0 spiro atoms. The summed E-state index contributed by atoms with van der Waals surface area (Å²) >= 11 is 0. The maximum atomic E-state index is 11.9. The van der Waals surface area contributed by atoms with E-state index in [0.29, 0.717) is 19.4 Å². The van der Waals surface area contributed by atoms with Crippen molar-refractivity contribution in [3.8, 4) is 0 Å². The molecule has 2 aromatic carbocycles. The second-order valence-electron chi connectivity index (χ2n) is 5.15. The van der Waals surface area contributed by atoms with Gasteiger partial charge >= 0.3 is 5.97 Å². The van der Waals surface area contributed by atoms with Gasteiger partial charge in [-0.3, -0.25) is 9.59 Å². The first-order valence-electron chi connectivity index (χ1n) is 7.24. The third-order valence-corrected chi connectivity index (χ3v) is 3.35. The summed E-state index contributed by atoms with van der Waals surface area (Å²) in [6.07, 6.45) is 0.957. The molecule has 2 rings (SSSR count). The molecule has 1 amide bonds. The van der Waals surface area contributed by atoms with Gasteiger partial charge in [0.2, 0.25) is 5.91 Å². The van der Waals surface area contributed by atoms with Gasteiger partial charge in [-0.1, -0.05) is 54.6 Å². The van der Waals surface area contributed by atoms with Crippen molar-refractivity contribution < 1.29 is 14.7 Å². The quantitative estimate of drug-likeness (QED) is 0.825. The molecule has 0 unspecified atom stereocenters. The molecule has 0 heterocycles. The summed E-state index contributed by atoms with van der Waals surface area (Å²) < 4.78 is 0. The van der Waals surface area contributed by atoms with E-state index < -0.39 is 5.97 Å². The van der Waals surface area contributed by atoms with Crippen LogP contribution >= 0.6 is 0 Å². The van der Waals surface area contributed by atoms with Crippen molar-refractivity contribution in [3.63, 3.8) is 0 Å². The van der Waals surface area contributed by atoms with E-state index in [1.807, 2.05) is 54.6 Å². The Morgan fingerprint density at radius 2 is 1.50 bits per heavy atom. The van der Waals surface area contributed by atoms with Crippen LogP contribution in [0, 0.1) is 0 Å². The highest BCUT2D eigenvalue weighted by molar-refractivity contribution is 5.78. The first kappa shape index (κ1) is 15.8. The molecule has 2 aromatic rings. The zero-order valence-electron chi connectivity index (χ0n) is 12.3. The molecule has 22 heavy (non-hydrogen) atoms. The van der Waals surface area contributed by atoms with Crippen molar-refractivity contribution in [2.45, 2.75) is 25.8 Å². The van der Waals surface area contributed by atoms with Crippen LogP contribution in [0.2, 0.25) is 0 Å². The molecule has 2 N–H and O–H groups in total. The van der Waals surface area contributed by atoms with E-state index >= 15 is 0 Å². The van der Waals surface area contributed by atoms with Gasteiger partial charge in [0.25, 0.3) is 0 Å². The number of aryl methyl sites for hydroxylation is 1. The molecule has 0 aliphatic rings. The molecular weight excluding hydrogens is 278 g/mol. The molecule has 0 radical (unpaired) electrons. The van der Waals surface area contributed by atoms with Crippen molar-refractivity contribution >= 4 is 11.9 Å². The minimum atomic E-state index is -0.802. The molecular formula is C18H19NO3. The number of hydrogen-bond donors (Lipinski definition) is 2. The molecule has 0 aromatic heterocycles. The number of carboxylic acid groups (broad SMARTS) is 1. The Kier molecular flexibility index (Phi) is 5.72. The fraction of sp³-hybridized carbons (Fsp3) is 0.222. The lowest BCUT2D eigenvalue weighted by molar-refractivity contribution is -0.137. The van der Waals surface area contributed by atoms with E-state index in [9.17, 15) is 9.59 Å². The number of carbonyl (C=O) groups is 2. The van der Waals surface area contributed by atoms with Gasteiger partial charge in [0, 0.05) is 13.0 Å². The van der Waals surface area contributed by atoms with E-state index in [1.54, 1.807) is 0 Å². The molecule has 0 atom stereocenters. The highest BCUT2D eigenvalue weighted by Crippen LogP contribution is 2.08. The van der Waals surface area contributed by atoms with Gasteiger partial charge in [-0.05, 0) is 23.1 Å². The molecule has 0 saturated heterocycles. The van der Waals surface area contributed by atoms with Gasteiger partial charge in [-0.15, -0.1) is 0 Å². The number of aliphatic carboxylic acids is 1. The Balaban J connectivity index is 1.80. The average molecular weight is 297 g/mol. The molecule has 114 valence electrons. The lowest BCUT2D eigenvalue weighted by atomic mass is 10.1. The van der Waals surface area contributed by atoms with Gasteiger partial charge in [0.05, 0.1) is 6.42 Å². The summed E-state index contributed by atoms with van der Waals surface area (Å²) in [6, 6.07) is 17.3. The average Bonchev–Trinajstić information content (AvgIpc) is 2.53. The molecule has 0 aliphatic heterocycles. The number of rotatable bonds is 7.